The van der Waals surface area contributed by atoms with Crippen molar-refractivity contribution in [2.45, 2.75) is 0 Å². The number of aromatic nitrogens is 2. The zero-order valence-electron chi connectivity index (χ0n) is 12.9. The number of carbonyl (C=O) groups excluding carboxylic acids is 1. The van der Waals surface area contributed by atoms with Crippen LogP contribution in [0.25, 0.3) is 22.6 Å². The summed E-state index contributed by atoms with van der Waals surface area (Å²) in [6.45, 7) is 0. The van der Waals surface area contributed by atoms with Crippen molar-refractivity contribution in [2.75, 3.05) is 5.32 Å². The lowest BCUT2D eigenvalue weighted by Gasteiger charge is -2.05. The minimum Gasteiger partial charge on any atom is -0.436 e. The fourth-order valence-corrected chi connectivity index (χ4v) is 2.59. The van der Waals surface area contributed by atoms with Crippen LogP contribution in [0, 0.1) is 0 Å². The van der Waals surface area contributed by atoms with Crippen LogP contribution >= 0.6 is 11.6 Å². The minimum atomic E-state index is -0.211. The molecule has 0 aliphatic carbocycles. The molecule has 0 aliphatic heterocycles. The third kappa shape index (κ3) is 3.22. The van der Waals surface area contributed by atoms with Crippen LogP contribution in [0.5, 0.6) is 0 Å². The predicted molar refractivity (Wildman–Crippen MR) is 96.6 cm³/mol. The summed E-state index contributed by atoms with van der Waals surface area (Å²) in [5, 5.41) is 3.44. The number of oxazole rings is 1. The summed E-state index contributed by atoms with van der Waals surface area (Å²) in [4.78, 5) is 20.5. The Balaban J connectivity index is 1.56. The van der Waals surface area contributed by atoms with E-state index in [9.17, 15) is 4.79 Å². The fourth-order valence-electron chi connectivity index (χ4n) is 2.42. The first-order valence-corrected chi connectivity index (χ1v) is 7.95. The standard InChI is InChI=1S/C19H12ClN3O2/c20-14-5-8-17-16(10-14)23-19(25-17)12-3-6-15(7-4-12)22-18(24)13-2-1-9-21-11-13/h1-11H,(H,22,24). The van der Waals surface area contributed by atoms with Gasteiger partial charge in [-0.2, -0.15) is 0 Å². The molecule has 2 aromatic carbocycles. The number of fused-ring (bicyclic) bond motifs is 1. The molecule has 2 heterocycles. The quantitative estimate of drug-likeness (QED) is 0.577. The van der Waals surface area contributed by atoms with E-state index in [4.69, 9.17) is 16.0 Å². The van der Waals surface area contributed by atoms with Crippen molar-refractivity contribution in [1.29, 1.82) is 0 Å². The third-order valence-electron chi connectivity index (χ3n) is 3.66. The first-order chi connectivity index (χ1) is 12.2. The van der Waals surface area contributed by atoms with Crippen molar-refractivity contribution in [1.82, 2.24) is 9.97 Å². The largest absolute Gasteiger partial charge is 0.436 e. The van der Waals surface area contributed by atoms with Gasteiger partial charge in [0.2, 0.25) is 5.89 Å². The van der Waals surface area contributed by atoms with Crippen molar-refractivity contribution in [3.63, 3.8) is 0 Å². The van der Waals surface area contributed by atoms with E-state index in [2.05, 4.69) is 15.3 Å². The maximum atomic E-state index is 12.1. The zero-order valence-corrected chi connectivity index (χ0v) is 13.7. The average molecular weight is 350 g/mol. The topological polar surface area (TPSA) is 68.0 Å². The van der Waals surface area contributed by atoms with Gasteiger partial charge in [0, 0.05) is 28.7 Å². The Kier molecular flexibility index (Phi) is 3.91. The molecule has 1 N–H and O–H groups in total. The summed E-state index contributed by atoms with van der Waals surface area (Å²) >= 11 is 5.97. The first kappa shape index (κ1) is 15.4. The second kappa shape index (κ2) is 6.37. The Morgan fingerprint density at radius 3 is 2.68 bits per heavy atom. The van der Waals surface area contributed by atoms with Crippen molar-refractivity contribution in [3.8, 4) is 11.5 Å². The molecule has 0 spiro atoms. The molecule has 0 atom stereocenters. The molecule has 0 saturated heterocycles. The molecule has 4 rings (SSSR count). The number of hydrogen-bond donors (Lipinski definition) is 1. The number of hydrogen-bond acceptors (Lipinski definition) is 4. The lowest BCUT2D eigenvalue weighted by molar-refractivity contribution is 0.102. The molecule has 0 radical (unpaired) electrons. The van der Waals surface area contributed by atoms with Crippen LogP contribution in [-0.4, -0.2) is 15.9 Å². The Labute approximate surface area is 148 Å². The number of benzene rings is 2. The van der Waals surface area contributed by atoms with Crippen molar-refractivity contribution in [3.05, 3.63) is 77.6 Å². The molecule has 0 fully saturated rings. The van der Waals surface area contributed by atoms with Crippen LogP contribution < -0.4 is 5.32 Å². The number of pyridine rings is 1. The van der Waals surface area contributed by atoms with E-state index in [-0.39, 0.29) is 5.91 Å². The van der Waals surface area contributed by atoms with Gasteiger partial charge >= 0.3 is 0 Å². The normalized spacial score (nSPS) is 10.8. The summed E-state index contributed by atoms with van der Waals surface area (Å²) in [7, 11) is 0. The van der Waals surface area contributed by atoms with Gasteiger partial charge in [0.05, 0.1) is 5.56 Å². The molecule has 2 aromatic heterocycles. The second-order valence-corrected chi connectivity index (χ2v) is 5.84. The van der Waals surface area contributed by atoms with Crippen LogP contribution in [0.3, 0.4) is 0 Å². The monoisotopic (exact) mass is 349 g/mol. The van der Waals surface area contributed by atoms with Gasteiger partial charge in [0.25, 0.3) is 5.91 Å². The number of carbonyl (C=O) groups is 1. The maximum Gasteiger partial charge on any atom is 0.257 e. The highest BCUT2D eigenvalue weighted by Gasteiger charge is 2.10. The van der Waals surface area contributed by atoms with E-state index < -0.39 is 0 Å². The highest BCUT2D eigenvalue weighted by atomic mass is 35.5. The van der Waals surface area contributed by atoms with Crippen LogP contribution in [0.2, 0.25) is 5.02 Å². The Morgan fingerprint density at radius 2 is 1.92 bits per heavy atom. The highest BCUT2D eigenvalue weighted by Crippen LogP contribution is 2.27. The molecule has 1 amide bonds. The van der Waals surface area contributed by atoms with E-state index >= 15 is 0 Å². The summed E-state index contributed by atoms with van der Waals surface area (Å²) in [5.41, 5.74) is 3.37. The second-order valence-electron chi connectivity index (χ2n) is 5.40. The number of halogens is 1. The average Bonchev–Trinajstić information content (AvgIpc) is 3.06. The van der Waals surface area contributed by atoms with Crippen LogP contribution in [0.4, 0.5) is 5.69 Å². The smallest absolute Gasteiger partial charge is 0.257 e. The van der Waals surface area contributed by atoms with Gasteiger partial charge in [-0.15, -0.1) is 0 Å². The predicted octanol–water partition coefficient (Wildman–Crippen LogP) is 4.80. The first-order valence-electron chi connectivity index (χ1n) is 7.57. The van der Waals surface area contributed by atoms with Gasteiger partial charge in [-0.05, 0) is 54.6 Å². The molecule has 122 valence electrons. The molecule has 6 heteroatoms. The fraction of sp³-hybridized carbons (Fsp3) is 0. The summed E-state index contributed by atoms with van der Waals surface area (Å²) in [6.07, 6.45) is 3.15. The van der Waals surface area contributed by atoms with E-state index in [0.29, 0.717) is 33.3 Å². The molecular weight excluding hydrogens is 338 g/mol. The van der Waals surface area contributed by atoms with E-state index in [1.807, 2.05) is 12.1 Å². The van der Waals surface area contributed by atoms with E-state index in [1.165, 1.54) is 6.20 Å². The van der Waals surface area contributed by atoms with Crippen LogP contribution in [0.15, 0.2) is 71.4 Å². The molecule has 25 heavy (non-hydrogen) atoms. The Morgan fingerprint density at radius 1 is 1.08 bits per heavy atom. The molecule has 0 bridgehead atoms. The molecule has 0 aliphatic rings. The number of nitrogens with one attached hydrogen (secondary N) is 1. The lowest BCUT2D eigenvalue weighted by atomic mass is 10.2. The highest BCUT2D eigenvalue weighted by molar-refractivity contribution is 6.31. The van der Waals surface area contributed by atoms with E-state index in [1.54, 1.807) is 48.7 Å². The number of rotatable bonds is 3. The number of nitrogens with zero attached hydrogens (tertiary/aromatic N) is 2. The molecular formula is C19H12ClN3O2. The van der Waals surface area contributed by atoms with Gasteiger partial charge in [0.1, 0.15) is 5.52 Å². The van der Waals surface area contributed by atoms with Gasteiger partial charge in [0.15, 0.2) is 5.58 Å². The van der Waals surface area contributed by atoms with Gasteiger partial charge in [-0.1, -0.05) is 11.6 Å². The molecule has 0 unspecified atom stereocenters. The molecule has 0 saturated carbocycles. The van der Waals surface area contributed by atoms with Gasteiger partial charge in [-0.25, -0.2) is 4.98 Å². The summed E-state index contributed by atoms with van der Waals surface area (Å²) in [6, 6.07) is 16.0. The molecule has 5 nitrogen and oxygen atoms in total. The maximum absolute atomic E-state index is 12.1. The third-order valence-corrected chi connectivity index (χ3v) is 3.90. The van der Waals surface area contributed by atoms with E-state index in [0.717, 1.165) is 5.56 Å². The van der Waals surface area contributed by atoms with Crippen LogP contribution in [-0.2, 0) is 0 Å². The lowest BCUT2D eigenvalue weighted by Crippen LogP contribution is -2.11. The summed E-state index contributed by atoms with van der Waals surface area (Å²) < 4.78 is 5.73. The number of anilines is 1. The summed E-state index contributed by atoms with van der Waals surface area (Å²) in [5.74, 6) is 0.291. The van der Waals surface area contributed by atoms with Crippen molar-refractivity contribution in [2.24, 2.45) is 0 Å². The van der Waals surface area contributed by atoms with Gasteiger partial charge < -0.3 is 9.73 Å². The Bertz CT molecular complexity index is 1040. The SMILES string of the molecule is O=C(Nc1ccc(-c2nc3cc(Cl)ccc3o2)cc1)c1cccnc1. The van der Waals surface area contributed by atoms with Crippen molar-refractivity contribution < 1.29 is 9.21 Å². The number of amides is 1. The minimum absolute atomic E-state index is 0.211. The Hall–Kier alpha value is -3.18. The molecule has 4 aromatic rings. The zero-order chi connectivity index (χ0) is 17.2. The van der Waals surface area contributed by atoms with Crippen molar-refractivity contribution >= 4 is 34.3 Å². The van der Waals surface area contributed by atoms with Gasteiger partial charge in [-0.3, -0.25) is 9.78 Å². The van der Waals surface area contributed by atoms with Crippen LogP contribution in [0.1, 0.15) is 10.4 Å².